The van der Waals surface area contributed by atoms with Crippen molar-refractivity contribution < 1.29 is 4.68 Å². The summed E-state index contributed by atoms with van der Waals surface area (Å²) in [6.45, 7) is 0. The molecule has 0 aliphatic heterocycles. The molecule has 0 bridgehead atoms. The fraction of sp³-hybridized carbons (Fsp3) is 0. The van der Waals surface area contributed by atoms with Gasteiger partial charge in [0.1, 0.15) is 11.2 Å². The summed E-state index contributed by atoms with van der Waals surface area (Å²) in [5, 5.41) is 6.08. The zero-order valence-corrected chi connectivity index (χ0v) is 32.3. The van der Waals surface area contributed by atoms with Crippen LogP contribution in [0, 0.1) is 0 Å². The van der Waals surface area contributed by atoms with Gasteiger partial charge in [0.2, 0.25) is 11.9 Å². The van der Waals surface area contributed by atoms with Crippen molar-refractivity contribution in [3.63, 3.8) is 0 Å². The second-order valence-corrected chi connectivity index (χ2v) is 15.1. The van der Waals surface area contributed by atoms with Crippen LogP contribution in [-0.4, -0.2) is 9.67 Å². The fourth-order valence-corrected chi connectivity index (χ4v) is 8.55. The third-order valence-corrected chi connectivity index (χ3v) is 11.4. The number of benzene rings is 9. The zero-order valence-electron chi connectivity index (χ0n) is 32.3. The van der Waals surface area contributed by atoms with Crippen LogP contribution in [0.5, 0.6) is 0 Å². The third kappa shape index (κ3) is 6.36. The highest BCUT2D eigenvalue weighted by Gasteiger charge is 2.23. The van der Waals surface area contributed by atoms with Crippen LogP contribution < -0.4 is 4.68 Å². The lowest BCUT2D eigenvalue weighted by molar-refractivity contribution is -0.672. The molecule has 0 aliphatic carbocycles. The van der Waals surface area contributed by atoms with Crippen LogP contribution in [0.1, 0.15) is 0 Å². The first-order valence-electron chi connectivity index (χ1n) is 20.1. The summed E-state index contributed by atoms with van der Waals surface area (Å²) in [7, 11) is 0. The van der Waals surface area contributed by atoms with Crippen molar-refractivity contribution in [2.75, 3.05) is 0 Å². The van der Waals surface area contributed by atoms with Gasteiger partial charge < -0.3 is 0 Å². The van der Waals surface area contributed by atoms with Crippen LogP contribution in [0.2, 0.25) is 0 Å². The summed E-state index contributed by atoms with van der Waals surface area (Å²) >= 11 is 0. The third-order valence-electron chi connectivity index (χ3n) is 11.4. The van der Waals surface area contributed by atoms with Crippen LogP contribution >= 0.6 is 0 Å². The smallest absolute Gasteiger partial charge is 0.237 e. The summed E-state index contributed by atoms with van der Waals surface area (Å²) in [6, 6.07) is 80.5. The molecule has 0 unspecified atom stereocenters. The minimum absolute atomic E-state index is 0.907. The second kappa shape index (κ2) is 14.6. The molecular formula is C56H38N3+. The Bertz CT molecular complexity index is 3290. The Morgan fingerprint density at radius 1 is 0.339 bits per heavy atom. The molecule has 276 valence electrons. The van der Waals surface area contributed by atoms with E-state index in [1.165, 1.54) is 38.2 Å². The van der Waals surface area contributed by atoms with Crippen LogP contribution in [0.15, 0.2) is 231 Å². The van der Waals surface area contributed by atoms with Crippen molar-refractivity contribution in [2.45, 2.75) is 0 Å². The Hall–Kier alpha value is -7.88. The van der Waals surface area contributed by atoms with Gasteiger partial charge in [-0.3, -0.25) is 0 Å². The van der Waals surface area contributed by atoms with Crippen molar-refractivity contribution in [3.8, 4) is 67.3 Å². The van der Waals surface area contributed by atoms with Crippen LogP contribution in [-0.2, 0) is 0 Å². The molecule has 0 spiro atoms. The lowest BCUT2D eigenvalue weighted by atomic mass is 9.91. The molecule has 0 saturated heterocycles. The van der Waals surface area contributed by atoms with Crippen molar-refractivity contribution in [1.29, 1.82) is 0 Å². The molecule has 3 heteroatoms. The van der Waals surface area contributed by atoms with Gasteiger partial charge in [0.15, 0.2) is 0 Å². The number of nitrogens with zero attached hydrogens (tertiary/aromatic N) is 3. The molecule has 0 fully saturated rings. The second-order valence-electron chi connectivity index (χ2n) is 15.1. The number of hydrogen-bond acceptors (Lipinski definition) is 1. The lowest BCUT2D eigenvalue weighted by Crippen LogP contribution is -2.39. The first kappa shape index (κ1) is 34.4. The van der Waals surface area contributed by atoms with Crippen LogP contribution in [0.3, 0.4) is 0 Å². The van der Waals surface area contributed by atoms with E-state index in [4.69, 9.17) is 4.98 Å². The van der Waals surface area contributed by atoms with Gasteiger partial charge in [-0.1, -0.05) is 168 Å². The van der Waals surface area contributed by atoms with Crippen molar-refractivity contribution >= 4 is 32.4 Å². The molecule has 11 rings (SSSR count). The molecule has 0 N–H and O–H groups in total. The summed E-state index contributed by atoms with van der Waals surface area (Å²) in [5.74, 6) is 0. The van der Waals surface area contributed by atoms with Gasteiger partial charge in [-0.15, -0.1) is 4.68 Å². The Balaban J connectivity index is 1.18. The van der Waals surface area contributed by atoms with Gasteiger partial charge in [0.05, 0.1) is 16.8 Å². The number of hydrogen-bond donors (Lipinski definition) is 0. The predicted molar refractivity (Wildman–Crippen MR) is 245 cm³/mol. The highest BCUT2D eigenvalue weighted by molar-refractivity contribution is 6.14. The number of pyridine rings is 1. The molecule has 0 saturated carbocycles. The van der Waals surface area contributed by atoms with Gasteiger partial charge in [-0.05, 0) is 103 Å². The van der Waals surface area contributed by atoms with Gasteiger partial charge in [-0.2, -0.15) is 0 Å². The van der Waals surface area contributed by atoms with Gasteiger partial charge >= 0.3 is 0 Å². The van der Waals surface area contributed by atoms with Gasteiger partial charge in [0, 0.05) is 23.3 Å². The van der Waals surface area contributed by atoms with Crippen LogP contribution in [0.4, 0.5) is 0 Å². The van der Waals surface area contributed by atoms with E-state index in [2.05, 4.69) is 240 Å². The molecule has 59 heavy (non-hydrogen) atoms. The normalized spacial score (nSPS) is 11.4. The minimum Gasteiger partial charge on any atom is -0.248 e. The number of rotatable bonds is 7. The first-order valence-corrected chi connectivity index (χ1v) is 20.1. The zero-order chi connectivity index (χ0) is 39.1. The van der Waals surface area contributed by atoms with Crippen molar-refractivity contribution in [3.05, 3.63) is 231 Å². The average Bonchev–Trinajstić information content (AvgIpc) is 3.72. The van der Waals surface area contributed by atoms with Crippen molar-refractivity contribution in [1.82, 2.24) is 9.67 Å². The summed E-state index contributed by atoms with van der Waals surface area (Å²) in [5.41, 5.74) is 14.2. The molecule has 0 atom stereocenters. The van der Waals surface area contributed by atoms with Gasteiger partial charge in [-0.25, -0.2) is 4.98 Å². The summed E-state index contributed by atoms with van der Waals surface area (Å²) in [4.78, 5) is 5.45. The van der Waals surface area contributed by atoms with Gasteiger partial charge in [0.25, 0.3) is 0 Å². The van der Waals surface area contributed by atoms with E-state index in [1.54, 1.807) is 0 Å². The fourth-order valence-electron chi connectivity index (χ4n) is 8.55. The molecule has 0 aliphatic rings. The molecular weight excluding hydrogens is 715 g/mol. The molecule has 9 aromatic carbocycles. The van der Waals surface area contributed by atoms with E-state index >= 15 is 0 Å². The molecule has 0 radical (unpaired) electrons. The predicted octanol–water partition coefficient (Wildman–Crippen LogP) is 13.9. The first-order chi connectivity index (χ1) is 29.2. The highest BCUT2D eigenvalue weighted by atomic mass is 15.4. The monoisotopic (exact) mass is 752 g/mol. The number of para-hydroxylation sites is 2. The molecule has 11 aromatic rings. The maximum absolute atomic E-state index is 5.45. The maximum Gasteiger partial charge on any atom is 0.237 e. The molecule has 0 amide bonds. The van der Waals surface area contributed by atoms with E-state index in [1.807, 2.05) is 0 Å². The maximum atomic E-state index is 5.45. The SMILES string of the molecule is c1ccc(-c2ccc(-c3cc(-c4ccccc4)nc(-c4cc(-c5cc6ccccc6c6ccccc56)cc(-[n+]5cc6ccccc6n5-c5ccccc5)c4)c3)cc2)cc1. The quantitative estimate of drug-likeness (QED) is 0.117. The Kier molecular flexibility index (Phi) is 8.49. The van der Waals surface area contributed by atoms with E-state index in [-0.39, 0.29) is 0 Å². The number of fused-ring (bicyclic) bond motifs is 4. The minimum atomic E-state index is 0.907. The Labute approximate surface area is 343 Å². The highest BCUT2D eigenvalue weighted by Crippen LogP contribution is 2.39. The van der Waals surface area contributed by atoms with E-state index in [0.29, 0.717) is 0 Å². The topological polar surface area (TPSA) is 21.7 Å². The summed E-state index contributed by atoms with van der Waals surface area (Å²) in [6.07, 6.45) is 2.25. The van der Waals surface area contributed by atoms with E-state index < -0.39 is 0 Å². The molecule has 2 aromatic heterocycles. The van der Waals surface area contributed by atoms with Crippen LogP contribution in [0.25, 0.3) is 99.7 Å². The standard InChI is InChI=1S/C56H38N3/c1-4-16-39(17-5-1)40-28-30-41(31-29-40)45-36-54(42-18-6-2-7-19-42)57-55(37-45)47-32-46(53-35-43-20-10-12-24-50(43)51-25-13-14-26-52(51)53)33-49(34-47)58-38-44-21-11-15-27-56(44)59(58)48-22-8-3-9-23-48/h1-38H/q+1. The molecule has 3 nitrogen and oxygen atoms in total. The average molecular weight is 753 g/mol. The lowest BCUT2D eigenvalue weighted by Gasteiger charge is -2.15. The largest absolute Gasteiger partial charge is 0.248 e. The Morgan fingerprint density at radius 3 is 1.59 bits per heavy atom. The number of aromatic nitrogens is 3. The molecule has 2 heterocycles. The van der Waals surface area contributed by atoms with Crippen molar-refractivity contribution in [2.24, 2.45) is 0 Å². The summed E-state index contributed by atoms with van der Waals surface area (Å²) < 4.78 is 4.60. The van der Waals surface area contributed by atoms with E-state index in [0.717, 1.165) is 61.5 Å². The van der Waals surface area contributed by atoms with E-state index in [9.17, 15) is 0 Å². The Morgan fingerprint density at radius 2 is 0.864 bits per heavy atom.